The first-order chi connectivity index (χ1) is 15.8. The quantitative estimate of drug-likeness (QED) is 0.368. The van der Waals surface area contributed by atoms with Gasteiger partial charge in [-0.25, -0.2) is 23.6 Å². The minimum Gasteiger partial charge on any atom is -0.473 e. The van der Waals surface area contributed by atoms with Crippen molar-refractivity contribution in [1.29, 1.82) is 0 Å². The van der Waals surface area contributed by atoms with Crippen LogP contribution in [0.15, 0.2) is 60.4 Å². The average molecular weight is 472 g/mol. The lowest BCUT2D eigenvalue weighted by Gasteiger charge is -2.15. The van der Waals surface area contributed by atoms with Crippen LogP contribution < -0.4 is 5.32 Å². The second-order valence-electron chi connectivity index (χ2n) is 6.97. The van der Waals surface area contributed by atoms with Crippen LogP contribution in [0, 0.1) is 12.7 Å². The van der Waals surface area contributed by atoms with Gasteiger partial charge < -0.3 is 15.5 Å². The van der Waals surface area contributed by atoms with Crippen molar-refractivity contribution in [1.82, 2.24) is 24.6 Å². The van der Waals surface area contributed by atoms with E-state index >= 15 is 0 Å². The van der Waals surface area contributed by atoms with Gasteiger partial charge in [0.15, 0.2) is 5.13 Å². The van der Waals surface area contributed by atoms with Crippen molar-refractivity contribution in [3.05, 3.63) is 83.1 Å². The number of carbonyl (C=O) groups is 2. The highest BCUT2D eigenvalue weighted by Gasteiger charge is 2.15. The number of hydrogen-bond acceptors (Lipinski definition) is 6. The van der Waals surface area contributed by atoms with E-state index in [1.54, 1.807) is 22.1 Å². The molecule has 0 aliphatic heterocycles. The number of thiazole rings is 1. The maximum absolute atomic E-state index is 13.5. The van der Waals surface area contributed by atoms with Crippen LogP contribution in [0.2, 0.25) is 0 Å². The molecule has 0 spiro atoms. The zero-order valence-electron chi connectivity index (χ0n) is 17.8. The Hall–Kier alpha value is -3.83. The van der Waals surface area contributed by atoms with E-state index in [9.17, 15) is 4.39 Å². The Morgan fingerprint density at radius 1 is 1.21 bits per heavy atom. The molecule has 9 nitrogen and oxygen atoms in total. The van der Waals surface area contributed by atoms with Gasteiger partial charge in [0.2, 0.25) is 0 Å². The predicted octanol–water partition coefficient (Wildman–Crippen LogP) is 3.57. The van der Waals surface area contributed by atoms with E-state index in [0.29, 0.717) is 6.54 Å². The molecule has 0 radical (unpaired) electrons. The van der Waals surface area contributed by atoms with E-state index in [-0.39, 0.29) is 11.9 Å². The molecule has 3 aromatic heterocycles. The van der Waals surface area contributed by atoms with Gasteiger partial charge in [0.1, 0.15) is 5.82 Å². The third-order valence-corrected chi connectivity index (χ3v) is 5.57. The summed E-state index contributed by atoms with van der Waals surface area (Å²) < 4.78 is 17.4. The number of rotatable bonds is 6. The predicted molar refractivity (Wildman–Crippen MR) is 120 cm³/mol. The number of carboxylic acids is 2. The van der Waals surface area contributed by atoms with Gasteiger partial charge >= 0.3 is 11.9 Å². The van der Waals surface area contributed by atoms with E-state index in [1.165, 1.54) is 12.1 Å². The monoisotopic (exact) mass is 471 g/mol. The molecular formula is C22H22FN5O4S. The highest BCUT2D eigenvalue weighted by Crippen LogP contribution is 2.22. The Bertz CT molecular complexity index is 1220. The maximum Gasteiger partial charge on any atom is 0.414 e. The summed E-state index contributed by atoms with van der Waals surface area (Å²) in [5, 5.41) is 25.7. The first kappa shape index (κ1) is 23.8. The van der Waals surface area contributed by atoms with Crippen molar-refractivity contribution in [2.75, 3.05) is 0 Å². The van der Waals surface area contributed by atoms with Crippen LogP contribution in [-0.2, 0) is 16.1 Å². The van der Waals surface area contributed by atoms with E-state index in [0.717, 1.165) is 27.8 Å². The second-order valence-corrected chi connectivity index (χ2v) is 7.85. The summed E-state index contributed by atoms with van der Waals surface area (Å²) in [7, 11) is 0. The van der Waals surface area contributed by atoms with Crippen molar-refractivity contribution in [2.45, 2.75) is 26.4 Å². The Balaban J connectivity index is 0.000000454. The van der Waals surface area contributed by atoms with E-state index in [2.05, 4.69) is 33.0 Å². The molecule has 3 heterocycles. The van der Waals surface area contributed by atoms with Gasteiger partial charge in [-0.1, -0.05) is 6.07 Å². The fourth-order valence-corrected chi connectivity index (χ4v) is 3.82. The number of aromatic nitrogens is 4. The summed E-state index contributed by atoms with van der Waals surface area (Å²) >= 11 is 1.61. The molecule has 0 amide bonds. The topological polar surface area (TPSA) is 122 Å². The van der Waals surface area contributed by atoms with Gasteiger partial charge in [0.25, 0.3) is 0 Å². The molecule has 33 heavy (non-hydrogen) atoms. The van der Waals surface area contributed by atoms with Gasteiger partial charge in [-0.15, -0.1) is 11.3 Å². The maximum atomic E-state index is 13.5. The molecule has 0 aliphatic rings. The second kappa shape index (κ2) is 10.7. The van der Waals surface area contributed by atoms with Crippen molar-refractivity contribution >= 4 is 23.3 Å². The minimum absolute atomic E-state index is 0.104. The standard InChI is InChI=1S/C20H20FN5S.C2H2O4/c1-14(23-12-18-7-4-9-25(18)20-22-8-10-27-20)19-13-24-26(15(19)2)17-6-3-5-16(21)11-17;3-1(4)2(5)6/h3-11,13-14,23H,12H2,1-2H3;(H,3,4)(H,5,6). The lowest BCUT2D eigenvalue weighted by molar-refractivity contribution is -0.159. The Kier molecular flexibility index (Phi) is 7.70. The smallest absolute Gasteiger partial charge is 0.414 e. The first-order valence-corrected chi connectivity index (χ1v) is 10.7. The molecule has 0 fully saturated rings. The number of nitrogens with one attached hydrogen (secondary N) is 1. The number of nitrogens with zero attached hydrogens (tertiary/aromatic N) is 4. The molecule has 1 aromatic carbocycles. The van der Waals surface area contributed by atoms with Crippen LogP contribution in [0.25, 0.3) is 10.8 Å². The van der Waals surface area contributed by atoms with Gasteiger partial charge in [-0.2, -0.15) is 5.10 Å². The molecule has 172 valence electrons. The molecule has 0 aliphatic carbocycles. The molecule has 4 aromatic rings. The molecule has 1 atom stereocenters. The summed E-state index contributed by atoms with van der Waals surface area (Å²) in [4.78, 5) is 22.6. The molecule has 4 rings (SSSR count). The number of aliphatic carboxylic acids is 2. The third-order valence-electron chi connectivity index (χ3n) is 4.80. The first-order valence-electron chi connectivity index (χ1n) is 9.84. The lowest BCUT2D eigenvalue weighted by Crippen LogP contribution is -2.20. The Morgan fingerprint density at radius 2 is 1.97 bits per heavy atom. The summed E-state index contributed by atoms with van der Waals surface area (Å²) in [6.07, 6.45) is 5.68. The van der Waals surface area contributed by atoms with E-state index < -0.39 is 11.9 Å². The van der Waals surface area contributed by atoms with Gasteiger partial charge in [0.05, 0.1) is 11.9 Å². The van der Waals surface area contributed by atoms with E-state index in [1.807, 2.05) is 43.0 Å². The van der Waals surface area contributed by atoms with Crippen molar-refractivity contribution in [2.24, 2.45) is 0 Å². The van der Waals surface area contributed by atoms with Crippen LogP contribution in [0.5, 0.6) is 0 Å². The number of carboxylic acid groups (broad SMARTS) is 2. The fraction of sp³-hybridized carbons (Fsp3) is 0.182. The summed E-state index contributed by atoms with van der Waals surface area (Å²) in [6, 6.07) is 10.7. The molecule has 1 unspecified atom stereocenters. The zero-order chi connectivity index (χ0) is 24.0. The van der Waals surface area contributed by atoms with Crippen LogP contribution in [-0.4, -0.2) is 41.5 Å². The summed E-state index contributed by atoms with van der Waals surface area (Å²) in [6.45, 7) is 4.82. The fourth-order valence-electron chi connectivity index (χ4n) is 3.16. The van der Waals surface area contributed by atoms with Crippen LogP contribution in [0.4, 0.5) is 4.39 Å². The molecular weight excluding hydrogens is 449 g/mol. The molecule has 11 heteroatoms. The van der Waals surface area contributed by atoms with E-state index in [4.69, 9.17) is 19.8 Å². The SMILES string of the molecule is Cc1c(C(C)NCc2cccn2-c2nccs2)cnn1-c1cccc(F)c1.O=C(O)C(=O)O. The third kappa shape index (κ3) is 5.90. The molecule has 0 saturated heterocycles. The van der Waals surface area contributed by atoms with Crippen molar-refractivity contribution in [3.8, 4) is 10.8 Å². The lowest BCUT2D eigenvalue weighted by atomic mass is 10.1. The van der Waals surface area contributed by atoms with Crippen LogP contribution in [0.3, 0.4) is 0 Å². The zero-order valence-corrected chi connectivity index (χ0v) is 18.7. The van der Waals surface area contributed by atoms with Crippen molar-refractivity contribution in [3.63, 3.8) is 0 Å². The summed E-state index contributed by atoms with van der Waals surface area (Å²) in [5.41, 5.74) is 3.96. The number of halogens is 1. The van der Waals surface area contributed by atoms with Gasteiger partial charge in [-0.3, -0.25) is 4.57 Å². The number of benzene rings is 1. The summed E-state index contributed by atoms with van der Waals surface area (Å²) in [5.74, 6) is -3.91. The Labute approximate surface area is 192 Å². The van der Waals surface area contributed by atoms with Crippen molar-refractivity contribution < 1.29 is 24.2 Å². The highest BCUT2D eigenvalue weighted by molar-refractivity contribution is 7.12. The minimum atomic E-state index is -1.82. The van der Waals surface area contributed by atoms with Gasteiger partial charge in [0, 0.05) is 47.3 Å². The number of hydrogen-bond donors (Lipinski definition) is 3. The Morgan fingerprint density at radius 3 is 2.61 bits per heavy atom. The molecule has 0 bridgehead atoms. The molecule has 3 N–H and O–H groups in total. The largest absolute Gasteiger partial charge is 0.473 e. The average Bonchev–Trinajstić information content (AvgIpc) is 3.53. The van der Waals surface area contributed by atoms with Crippen LogP contribution in [0.1, 0.15) is 29.9 Å². The normalized spacial score (nSPS) is 11.5. The van der Waals surface area contributed by atoms with Gasteiger partial charge in [-0.05, 0) is 44.2 Å². The van der Waals surface area contributed by atoms with Crippen LogP contribution >= 0.6 is 11.3 Å². The highest BCUT2D eigenvalue weighted by atomic mass is 32.1. The molecule has 0 saturated carbocycles.